The van der Waals surface area contributed by atoms with Crippen LogP contribution < -0.4 is 5.32 Å². The van der Waals surface area contributed by atoms with Crippen LogP contribution in [0.1, 0.15) is 214 Å². The maximum atomic E-state index is 4.99. The predicted octanol–water partition coefficient (Wildman–Crippen LogP) is 33.2. The van der Waals surface area contributed by atoms with Crippen molar-refractivity contribution in [2.45, 2.75) is 207 Å². The van der Waals surface area contributed by atoms with Gasteiger partial charge in [0.2, 0.25) is 0 Å². The first-order chi connectivity index (χ1) is 69.1. The van der Waals surface area contributed by atoms with Gasteiger partial charge in [-0.3, -0.25) is 0 Å². The lowest BCUT2D eigenvalue weighted by atomic mass is 9.86. The number of benzene rings is 12. The molecule has 6 aromatic heterocycles. The van der Waals surface area contributed by atoms with E-state index in [2.05, 4.69) is 388 Å². The smallest absolute Gasteiger partial charge is 0.0691 e. The molecule has 0 unspecified atom stereocenters. The molecular formula is C133H152N10S3. The van der Waals surface area contributed by atoms with Gasteiger partial charge in [-0.15, -0.1) is 34.0 Å². The van der Waals surface area contributed by atoms with E-state index in [4.69, 9.17) is 9.97 Å². The second kappa shape index (κ2) is 40.5. The zero-order valence-electron chi connectivity index (χ0n) is 92.2. The molecule has 8 bridgehead atoms. The second-order valence-electron chi connectivity index (χ2n) is 44.5. The molecule has 0 radical (unpaired) electrons. The molecule has 3 N–H and O–H groups in total. The molecule has 0 amide bonds. The van der Waals surface area contributed by atoms with Crippen LogP contribution in [0.5, 0.6) is 0 Å². The Hall–Kier alpha value is -11.6. The molecule has 3 aliphatic heterocycles. The number of aromatic nitrogens is 4. The highest BCUT2D eigenvalue weighted by molar-refractivity contribution is 7.34. The van der Waals surface area contributed by atoms with E-state index < -0.39 is 0 Å². The minimum atomic E-state index is 0. The number of allylic oxidation sites excluding steroid dienone is 4. The molecule has 9 heterocycles. The molecule has 146 heavy (non-hydrogen) atoms. The Labute approximate surface area is 880 Å². The fourth-order valence-electron chi connectivity index (χ4n) is 22.9. The number of hydrogen-bond donors (Lipinski definition) is 3. The fraction of sp³-hybridized carbons (Fsp3) is 0.353. The van der Waals surface area contributed by atoms with Gasteiger partial charge in [-0.05, 0) is 539 Å². The molecule has 752 valence electrons. The fourth-order valence-corrected chi connectivity index (χ4v) is 27.2. The zero-order valence-corrected chi connectivity index (χ0v) is 94.6. The summed E-state index contributed by atoms with van der Waals surface area (Å²) in [7, 11) is 11.2. The number of thiophene rings is 3. The van der Waals surface area contributed by atoms with E-state index in [0.717, 1.165) is 143 Å². The van der Waals surface area contributed by atoms with Gasteiger partial charge in [-0.25, -0.2) is 9.97 Å². The van der Waals surface area contributed by atoms with Gasteiger partial charge >= 0.3 is 0 Å². The van der Waals surface area contributed by atoms with Crippen LogP contribution in [0.2, 0.25) is 0 Å². The molecule has 0 atom stereocenters. The van der Waals surface area contributed by atoms with Crippen molar-refractivity contribution in [3.05, 3.63) is 312 Å². The number of nitrogens with one attached hydrogen (secondary N) is 3. The van der Waals surface area contributed by atoms with Crippen molar-refractivity contribution < 1.29 is 0 Å². The standard InChI is InChI=1S/C33H30.C30H24S3.C28H30N4.C24H24.C17H40N6.CH4/c1-16-7-22-13-28-31(25(22)10-19(16)4)29-14-23-8-17(2)21(6)12-27(23)33(29)30-15-24-9-18(3)20(5)11-26(24)32(28)30;1-13-7-19-22(10-16(13)4)31-28-25(19)29-27(20-8-14(2)17(5)11-23(20)32-29)30-26(28)21-9-15(3)18(6)12-24(21)33-30;1-13-14(2)22-10-24-17(5)18(6)26(31-24)12-28-20(8)19(7)27(32-28)11-25-16(4)15(3)23(30-25)9-21(13)29-22;1-13-7-19-20(8-14(13)2)22-10-16(4)18(6)12-24(22)23-11-17(5)15(3)9-21(19)23;1-19-8-6-18-7-9-20(2)11-13-22(4)15-17-23(5)16-14-21(3)12-10-19;/h7-12H,13-15H2,1-6H3;7-12H,1-6H3;9-12,29-30H,1-8H3;7-12H,1-6H3;18H,6-17H2,1-5H3;1H4. The van der Waals surface area contributed by atoms with Crippen molar-refractivity contribution in [3.8, 4) is 33.4 Å². The van der Waals surface area contributed by atoms with Crippen LogP contribution in [0.15, 0.2) is 133 Å². The van der Waals surface area contributed by atoms with E-state index >= 15 is 0 Å². The van der Waals surface area contributed by atoms with Crippen LogP contribution in [-0.2, 0) is 19.3 Å². The van der Waals surface area contributed by atoms with E-state index in [0.29, 0.717) is 0 Å². The molecule has 3 aliphatic carbocycles. The van der Waals surface area contributed by atoms with E-state index in [-0.39, 0.29) is 7.43 Å². The quantitative estimate of drug-likeness (QED) is 0.130. The van der Waals surface area contributed by atoms with Crippen molar-refractivity contribution in [3.63, 3.8) is 0 Å². The summed E-state index contributed by atoms with van der Waals surface area (Å²) in [6, 6.07) is 52.2. The Morgan fingerprint density at radius 1 is 0.226 bits per heavy atom. The van der Waals surface area contributed by atoms with Crippen molar-refractivity contribution in [2.24, 2.45) is 0 Å². The first-order valence-corrected chi connectivity index (χ1v) is 55.2. The van der Waals surface area contributed by atoms with Gasteiger partial charge in [0.25, 0.3) is 0 Å². The molecular weight excluding hydrogens is 1830 g/mol. The number of H-pyrrole nitrogens is 2. The van der Waals surface area contributed by atoms with Crippen LogP contribution in [0, 0.1) is 152 Å². The number of rotatable bonds is 0. The highest BCUT2D eigenvalue weighted by Gasteiger charge is 2.39. The maximum Gasteiger partial charge on any atom is 0.0691 e. The van der Waals surface area contributed by atoms with Crippen molar-refractivity contribution in [2.75, 3.05) is 114 Å². The van der Waals surface area contributed by atoms with Crippen LogP contribution in [0.4, 0.5) is 0 Å². The first-order valence-electron chi connectivity index (χ1n) is 52.8. The largest absolute Gasteiger partial charge is 0.355 e. The molecule has 18 aromatic rings. The normalized spacial score (nSPS) is 15.1. The number of likely N-dealkylation sites (N-methyl/N-ethyl adjacent to an activating group) is 5. The summed E-state index contributed by atoms with van der Waals surface area (Å²) < 4.78 is 8.63. The summed E-state index contributed by atoms with van der Waals surface area (Å²) in [5.41, 5.74) is 61.8. The summed E-state index contributed by atoms with van der Waals surface area (Å²) >= 11 is 5.96. The molecule has 13 heteroatoms. The topological polar surface area (TPSA) is 85.6 Å². The molecule has 1 saturated heterocycles. The zero-order chi connectivity index (χ0) is 103. The minimum absolute atomic E-state index is 0. The highest BCUT2D eigenvalue weighted by Crippen LogP contribution is 2.59. The van der Waals surface area contributed by atoms with Gasteiger partial charge in [-0.2, -0.15) is 0 Å². The number of hydrogen-bond acceptors (Lipinski definition) is 11. The van der Waals surface area contributed by atoms with Gasteiger partial charge in [0.1, 0.15) is 0 Å². The average molecular weight is 1990 g/mol. The van der Waals surface area contributed by atoms with Gasteiger partial charge in [-0.1, -0.05) is 80.2 Å². The molecule has 0 spiro atoms. The average Bonchev–Trinajstić information content (AvgIpc) is 1.54. The van der Waals surface area contributed by atoms with Crippen LogP contribution in [0.3, 0.4) is 0 Å². The van der Waals surface area contributed by atoms with Gasteiger partial charge < -0.3 is 39.8 Å². The molecule has 12 aromatic carbocycles. The Bertz CT molecular complexity index is 7860. The number of fused-ring (bicyclic) bond motifs is 38. The second-order valence-corrected chi connectivity index (χ2v) is 47.7. The highest BCUT2D eigenvalue weighted by atomic mass is 32.1. The van der Waals surface area contributed by atoms with E-state index in [9.17, 15) is 0 Å². The number of nitrogens with zero attached hydrogens (tertiary/aromatic N) is 7. The first kappa shape index (κ1) is 103. The summed E-state index contributed by atoms with van der Waals surface area (Å²) in [5, 5.41) is 20.5. The monoisotopic (exact) mass is 1990 g/mol. The summed E-state index contributed by atoms with van der Waals surface area (Å²) in [5.74, 6) is 0. The third kappa shape index (κ3) is 18.8. The predicted molar refractivity (Wildman–Crippen MR) is 644 cm³/mol. The van der Waals surface area contributed by atoms with Gasteiger partial charge in [0, 0.05) is 161 Å². The van der Waals surface area contributed by atoms with Crippen LogP contribution in [-0.4, -0.2) is 158 Å². The summed E-state index contributed by atoms with van der Waals surface area (Å²) in [6.45, 7) is 71.2. The lowest BCUT2D eigenvalue weighted by Crippen LogP contribution is -2.41. The van der Waals surface area contributed by atoms with Gasteiger partial charge in [0.05, 0.1) is 22.8 Å². The Balaban J connectivity index is 0.000000116. The summed E-state index contributed by atoms with van der Waals surface area (Å²) in [6.07, 6.45) is 3.21. The lowest BCUT2D eigenvalue weighted by molar-refractivity contribution is 0.199. The van der Waals surface area contributed by atoms with Crippen molar-refractivity contribution >= 4 is 171 Å². The Morgan fingerprint density at radius 2 is 0.432 bits per heavy atom. The molecule has 0 saturated carbocycles. The van der Waals surface area contributed by atoms with Crippen molar-refractivity contribution in [1.82, 2.24) is 49.8 Å². The van der Waals surface area contributed by atoms with E-state index in [1.165, 1.54) is 271 Å². The Kier molecular flexibility index (Phi) is 28.6. The maximum absolute atomic E-state index is 4.99. The van der Waals surface area contributed by atoms with Crippen LogP contribution in [0.25, 0.3) is 171 Å². The number of aromatic amines is 2. The lowest BCUT2D eigenvalue weighted by Gasteiger charge is -2.27. The van der Waals surface area contributed by atoms with E-state index in [1.54, 1.807) is 33.4 Å². The minimum Gasteiger partial charge on any atom is -0.355 e. The van der Waals surface area contributed by atoms with Crippen molar-refractivity contribution in [1.29, 1.82) is 0 Å². The van der Waals surface area contributed by atoms with Crippen LogP contribution >= 0.6 is 34.0 Å². The molecule has 10 nitrogen and oxygen atoms in total. The number of aryl methyl sites for hydroxylation is 22. The SMILES string of the molecule is C.CC1=C(C)c2cc3[nH]c(cc4[nH]c(cc5nc(cc1n2)C(C)=C5C)c(C)c4C)c(C)c3C.CN1CCNCCN(C)CCN(C)CCN(C)CCN(C)CC1.Cc1cc2c(cc1C)-c1c(c3c(c4c1Cc1cc(C)c(C)cc1-4)Cc1cc(C)c(C)cc1-3)C2.Cc1cc2c3cc(C)c(C)cc3c3cc(C)c(C)cc3c2cc1C.Cc1cc2sc3c(c2cc1C)c1sc2cc(C)c(C)cc2c1c1sc2cc(C)c(C)cc2c31. The molecule has 24 rings (SSSR count). The molecule has 6 aliphatic rings. The Morgan fingerprint density at radius 3 is 0.685 bits per heavy atom. The summed E-state index contributed by atoms with van der Waals surface area (Å²) in [4.78, 5) is 29.5. The van der Waals surface area contributed by atoms with E-state index in [1.807, 2.05) is 34.0 Å². The molecule has 1 fully saturated rings. The third-order valence-electron chi connectivity index (χ3n) is 34.6. The van der Waals surface area contributed by atoms with Gasteiger partial charge in [0.15, 0.2) is 0 Å². The third-order valence-corrected chi connectivity index (χ3v) is 38.1.